The van der Waals surface area contributed by atoms with Crippen LogP contribution in [0.4, 0.5) is 13.2 Å². The Bertz CT molecular complexity index is 843. The van der Waals surface area contributed by atoms with Gasteiger partial charge in [0, 0.05) is 18.2 Å². The SMILES string of the molecule is CO.COc1ccc(C)cc1F.NSc1ccc(-n2ccc(C(F)F)n2)cc1. The first-order valence-corrected chi connectivity index (χ1v) is 8.88. The minimum Gasteiger partial charge on any atom is -0.494 e. The minimum atomic E-state index is -2.54. The number of hydrogen-bond donors (Lipinski definition) is 2. The standard InChI is InChI=1S/C10H9F2N3S.C8H9FO.CH4O/c11-10(12)9-5-6-15(14-9)7-1-3-8(16-13)4-2-7;1-6-3-4-8(10-2)7(9)5-6;1-2/h1-6,10H,13H2;3-5H,1-2H3;2H,1H3. The Hall–Kier alpha value is -2.49. The number of methoxy groups -OCH3 is 1. The highest BCUT2D eigenvalue weighted by atomic mass is 32.2. The van der Waals surface area contributed by atoms with Crippen LogP contribution in [0.5, 0.6) is 5.75 Å². The van der Waals surface area contributed by atoms with Gasteiger partial charge in [0.1, 0.15) is 5.69 Å². The highest BCUT2D eigenvalue weighted by molar-refractivity contribution is 7.97. The van der Waals surface area contributed by atoms with Crippen LogP contribution in [0.25, 0.3) is 5.69 Å². The molecule has 152 valence electrons. The van der Waals surface area contributed by atoms with Crippen LogP contribution in [0.2, 0.25) is 0 Å². The van der Waals surface area contributed by atoms with E-state index in [0.717, 1.165) is 35.2 Å². The van der Waals surface area contributed by atoms with Crippen LogP contribution in [-0.2, 0) is 0 Å². The topological polar surface area (TPSA) is 73.3 Å². The molecule has 28 heavy (non-hydrogen) atoms. The van der Waals surface area contributed by atoms with Crippen molar-refractivity contribution < 1.29 is 23.0 Å². The van der Waals surface area contributed by atoms with Crippen LogP contribution in [0.3, 0.4) is 0 Å². The maximum absolute atomic E-state index is 12.7. The summed E-state index contributed by atoms with van der Waals surface area (Å²) in [5.74, 6) is -0.00639. The first-order valence-electron chi connectivity index (χ1n) is 8.00. The Morgan fingerprint density at radius 2 is 1.75 bits per heavy atom. The van der Waals surface area contributed by atoms with E-state index in [1.54, 1.807) is 18.2 Å². The average molecular weight is 413 g/mol. The van der Waals surface area contributed by atoms with Gasteiger partial charge in [-0.2, -0.15) is 5.10 Å². The molecule has 0 unspecified atom stereocenters. The van der Waals surface area contributed by atoms with E-state index in [4.69, 9.17) is 15.0 Å². The number of aromatic nitrogens is 2. The molecule has 9 heteroatoms. The van der Waals surface area contributed by atoms with Crippen molar-refractivity contribution in [3.63, 3.8) is 0 Å². The molecular weight excluding hydrogens is 391 g/mol. The Balaban J connectivity index is 0.000000281. The number of benzene rings is 2. The first-order chi connectivity index (χ1) is 13.4. The number of rotatable bonds is 4. The Morgan fingerprint density at radius 3 is 2.21 bits per heavy atom. The molecule has 0 saturated carbocycles. The molecule has 1 heterocycles. The lowest BCUT2D eigenvalue weighted by Crippen LogP contribution is -1.96. The third-order valence-electron chi connectivity index (χ3n) is 3.38. The fourth-order valence-electron chi connectivity index (χ4n) is 2.05. The lowest BCUT2D eigenvalue weighted by molar-refractivity contribution is 0.145. The molecule has 0 radical (unpaired) electrons. The quantitative estimate of drug-likeness (QED) is 0.615. The molecule has 0 amide bonds. The van der Waals surface area contributed by atoms with Crippen molar-refractivity contribution in [3.8, 4) is 11.4 Å². The predicted octanol–water partition coefficient (Wildman–Crippen LogP) is 4.53. The molecule has 0 fully saturated rings. The summed E-state index contributed by atoms with van der Waals surface area (Å²) in [6, 6.07) is 13.3. The summed E-state index contributed by atoms with van der Waals surface area (Å²) in [5.41, 5.74) is 1.40. The summed E-state index contributed by atoms with van der Waals surface area (Å²) < 4.78 is 43.5. The zero-order valence-electron chi connectivity index (χ0n) is 15.6. The maximum Gasteiger partial charge on any atom is 0.282 e. The fourth-order valence-corrected chi connectivity index (χ4v) is 2.34. The van der Waals surface area contributed by atoms with Crippen LogP contribution in [0.15, 0.2) is 59.6 Å². The van der Waals surface area contributed by atoms with E-state index >= 15 is 0 Å². The van der Waals surface area contributed by atoms with Gasteiger partial charge in [0.2, 0.25) is 0 Å². The summed E-state index contributed by atoms with van der Waals surface area (Å²) in [7, 11) is 2.45. The van der Waals surface area contributed by atoms with E-state index in [0.29, 0.717) is 5.75 Å². The molecule has 3 aromatic rings. The van der Waals surface area contributed by atoms with Gasteiger partial charge in [0.05, 0.1) is 12.8 Å². The number of alkyl halides is 2. The number of nitrogens with two attached hydrogens (primary N) is 1. The van der Waals surface area contributed by atoms with Crippen LogP contribution >= 0.6 is 11.9 Å². The normalized spacial score (nSPS) is 9.89. The van der Waals surface area contributed by atoms with E-state index in [1.807, 2.05) is 25.1 Å². The lowest BCUT2D eigenvalue weighted by Gasteiger charge is -2.02. The Kier molecular flexibility index (Phi) is 10.1. The van der Waals surface area contributed by atoms with Gasteiger partial charge in [-0.15, -0.1) is 0 Å². The number of aryl methyl sites for hydroxylation is 1. The second-order valence-electron chi connectivity index (χ2n) is 5.24. The molecule has 0 saturated heterocycles. The van der Waals surface area contributed by atoms with E-state index in [2.05, 4.69) is 5.10 Å². The van der Waals surface area contributed by atoms with E-state index in [-0.39, 0.29) is 11.5 Å². The fraction of sp³-hybridized carbons (Fsp3) is 0.211. The maximum atomic E-state index is 12.7. The summed E-state index contributed by atoms with van der Waals surface area (Å²) in [5, 5.41) is 16.1. The van der Waals surface area contributed by atoms with Gasteiger partial charge in [-0.25, -0.2) is 17.9 Å². The van der Waals surface area contributed by atoms with Gasteiger partial charge in [0.25, 0.3) is 6.43 Å². The highest BCUT2D eigenvalue weighted by Crippen LogP contribution is 2.19. The number of aliphatic hydroxyl groups excluding tert-OH is 1. The van der Waals surface area contributed by atoms with Gasteiger partial charge in [-0.1, -0.05) is 6.07 Å². The summed E-state index contributed by atoms with van der Waals surface area (Å²) in [4.78, 5) is 0.907. The van der Waals surface area contributed by atoms with Crippen molar-refractivity contribution in [3.05, 3.63) is 71.8 Å². The molecule has 3 rings (SSSR count). The monoisotopic (exact) mass is 413 g/mol. The van der Waals surface area contributed by atoms with Gasteiger partial charge >= 0.3 is 0 Å². The largest absolute Gasteiger partial charge is 0.494 e. The van der Waals surface area contributed by atoms with Crippen LogP contribution in [0.1, 0.15) is 17.7 Å². The Morgan fingerprint density at radius 1 is 1.11 bits per heavy atom. The smallest absolute Gasteiger partial charge is 0.282 e. The van der Waals surface area contributed by atoms with Crippen LogP contribution in [-0.4, -0.2) is 29.1 Å². The van der Waals surface area contributed by atoms with Crippen LogP contribution < -0.4 is 9.88 Å². The summed E-state index contributed by atoms with van der Waals surface area (Å²) in [6.07, 6.45) is -1.04. The first kappa shape index (κ1) is 23.5. The molecular formula is C19H22F3N3O2S. The van der Waals surface area contributed by atoms with Crippen molar-refractivity contribution in [2.75, 3.05) is 14.2 Å². The third-order valence-corrected chi connectivity index (χ3v) is 3.92. The summed E-state index contributed by atoms with van der Waals surface area (Å²) >= 11 is 1.13. The van der Waals surface area contributed by atoms with Gasteiger partial charge < -0.3 is 9.84 Å². The molecule has 5 nitrogen and oxygen atoms in total. The van der Waals surface area contributed by atoms with Crippen molar-refractivity contribution in [2.24, 2.45) is 5.14 Å². The number of ether oxygens (including phenoxy) is 1. The number of aliphatic hydroxyl groups is 1. The molecule has 0 atom stereocenters. The van der Waals surface area contributed by atoms with E-state index in [1.165, 1.54) is 30.1 Å². The minimum absolute atomic E-state index is 0.225. The molecule has 0 bridgehead atoms. The predicted molar refractivity (Wildman–Crippen MR) is 104 cm³/mol. The molecule has 0 spiro atoms. The highest BCUT2D eigenvalue weighted by Gasteiger charge is 2.10. The average Bonchev–Trinajstić information content (AvgIpc) is 3.21. The zero-order chi connectivity index (χ0) is 21.1. The van der Waals surface area contributed by atoms with Crippen molar-refractivity contribution in [2.45, 2.75) is 18.2 Å². The van der Waals surface area contributed by atoms with E-state index in [9.17, 15) is 13.2 Å². The second-order valence-corrected chi connectivity index (χ2v) is 5.94. The van der Waals surface area contributed by atoms with Crippen molar-refractivity contribution >= 4 is 11.9 Å². The lowest BCUT2D eigenvalue weighted by atomic mass is 10.2. The molecule has 0 aliphatic carbocycles. The second kappa shape index (κ2) is 12.1. The molecule has 0 aliphatic heterocycles. The molecule has 0 aliphatic rings. The molecule has 2 aromatic carbocycles. The Labute approximate surface area is 166 Å². The third kappa shape index (κ3) is 6.91. The summed E-state index contributed by atoms with van der Waals surface area (Å²) in [6.45, 7) is 1.84. The van der Waals surface area contributed by atoms with Crippen molar-refractivity contribution in [1.82, 2.24) is 9.78 Å². The van der Waals surface area contributed by atoms with Gasteiger partial charge in [-0.3, -0.25) is 5.14 Å². The zero-order valence-corrected chi connectivity index (χ0v) is 16.5. The van der Waals surface area contributed by atoms with Gasteiger partial charge in [0.15, 0.2) is 11.6 Å². The molecule has 3 N–H and O–H groups in total. The number of hydrogen-bond acceptors (Lipinski definition) is 5. The van der Waals surface area contributed by atoms with Gasteiger partial charge in [-0.05, 0) is 66.9 Å². The molecule has 1 aromatic heterocycles. The number of halogens is 3. The number of nitrogens with zero attached hydrogens (tertiary/aromatic N) is 2. The van der Waals surface area contributed by atoms with E-state index < -0.39 is 6.43 Å². The van der Waals surface area contributed by atoms with Crippen molar-refractivity contribution in [1.29, 1.82) is 0 Å². The van der Waals surface area contributed by atoms with Crippen LogP contribution in [0, 0.1) is 12.7 Å².